The zero-order valence-electron chi connectivity index (χ0n) is 11.7. The summed E-state index contributed by atoms with van der Waals surface area (Å²) in [6.45, 7) is 3.69. The molecule has 1 aliphatic rings. The summed E-state index contributed by atoms with van der Waals surface area (Å²) in [5.41, 5.74) is 0.995. The lowest BCUT2D eigenvalue weighted by Gasteiger charge is -2.20. The van der Waals surface area contributed by atoms with Gasteiger partial charge < -0.3 is 9.80 Å². The normalized spacial score (nSPS) is 19.0. The van der Waals surface area contributed by atoms with Crippen molar-refractivity contribution in [3.8, 4) is 0 Å². The molecule has 1 aromatic heterocycles. The first kappa shape index (κ1) is 13.6. The maximum Gasteiger partial charge on any atom is 0.228 e. The third kappa shape index (κ3) is 2.94. The summed E-state index contributed by atoms with van der Waals surface area (Å²) in [6.07, 6.45) is 3.98. The predicted octanol–water partition coefficient (Wildman–Crippen LogP) is 0.247. The van der Waals surface area contributed by atoms with Crippen LogP contribution >= 0.6 is 0 Å². The summed E-state index contributed by atoms with van der Waals surface area (Å²) < 4.78 is 1.71. The van der Waals surface area contributed by atoms with Gasteiger partial charge in [0.15, 0.2) is 0 Å². The minimum atomic E-state index is -0.200. The number of hydrogen-bond acceptors (Lipinski definition) is 3. The molecule has 1 fully saturated rings. The summed E-state index contributed by atoms with van der Waals surface area (Å²) >= 11 is 0. The lowest BCUT2D eigenvalue weighted by Crippen LogP contribution is -2.34. The van der Waals surface area contributed by atoms with Crippen molar-refractivity contribution < 1.29 is 9.59 Å². The number of amides is 2. The fourth-order valence-electron chi connectivity index (χ4n) is 2.46. The smallest absolute Gasteiger partial charge is 0.228 e. The Morgan fingerprint density at radius 1 is 1.58 bits per heavy atom. The van der Waals surface area contributed by atoms with Crippen molar-refractivity contribution in [1.29, 1.82) is 0 Å². The molecule has 0 radical (unpaired) electrons. The molecule has 1 aliphatic heterocycles. The predicted molar refractivity (Wildman–Crippen MR) is 70.0 cm³/mol. The topological polar surface area (TPSA) is 58.4 Å². The summed E-state index contributed by atoms with van der Waals surface area (Å²) in [4.78, 5) is 27.3. The number of hydrogen-bond donors (Lipinski definition) is 0. The highest BCUT2D eigenvalue weighted by molar-refractivity contribution is 5.89. The van der Waals surface area contributed by atoms with E-state index in [1.807, 2.05) is 20.2 Å². The molecule has 2 rings (SSSR count). The van der Waals surface area contributed by atoms with Crippen molar-refractivity contribution in [2.45, 2.75) is 19.9 Å². The molecule has 0 aliphatic carbocycles. The Kier molecular flexibility index (Phi) is 3.87. The number of aryl methyl sites for hydroxylation is 1. The lowest BCUT2D eigenvalue weighted by molar-refractivity contribution is -0.135. The molecular formula is C13H20N4O2. The number of likely N-dealkylation sites (tertiary alicyclic amines) is 1. The van der Waals surface area contributed by atoms with Gasteiger partial charge in [0.1, 0.15) is 0 Å². The number of carbonyl (C=O) groups excluding carboxylic acids is 2. The Morgan fingerprint density at radius 2 is 2.32 bits per heavy atom. The summed E-state index contributed by atoms with van der Waals surface area (Å²) in [6, 6.07) is 0. The van der Waals surface area contributed by atoms with Crippen LogP contribution < -0.4 is 0 Å². The van der Waals surface area contributed by atoms with E-state index in [2.05, 4.69) is 5.10 Å². The molecule has 6 nitrogen and oxygen atoms in total. The van der Waals surface area contributed by atoms with E-state index in [0.29, 0.717) is 26.1 Å². The first-order chi connectivity index (χ1) is 9.01. The maximum absolute atomic E-state index is 12.3. The highest BCUT2D eigenvalue weighted by atomic mass is 16.2. The Hall–Kier alpha value is -1.85. The number of aromatic nitrogens is 2. The van der Waals surface area contributed by atoms with Crippen LogP contribution in [0.3, 0.4) is 0 Å². The van der Waals surface area contributed by atoms with Crippen molar-refractivity contribution in [3.05, 3.63) is 18.0 Å². The van der Waals surface area contributed by atoms with Gasteiger partial charge >= 0.3 is 0 Å². The van der Waals surface area contributed by atoms with E-state index in [-0.39, 0.29) is 17.7 Å². The van der Waals surface area contributed by atoms with E-state index in [9.17, 15) is 9.59 Å². The first-order valence-corrected chi connectivity index (χ1v) is 6.51. The van der Waals surface area contributed by atoms with E-state index in [1.165, 1.54) is 0 Å². The molecule has 2 amide bonds. The van der Waals surface area contributed by atoms with Crippen LogP contribution in [0.4, 0.5) is 0 Å². The van der Waals surface area contributed by atoms with Gasteiger partial charge in [0, 0.05) is 51.9 Å². The molecular weight excluding hydrogens is 244 g/mol. The minimum absolute atomic E-state index is 0.0353. The first-order valence-electron chi connectivity index (χ1n) is 6.51. The van der Waals surface area contributed by atoms with Gasteiger partial charge in [-0.3, -0.25) is 14.3 Å². The monoisotopic (exact) mass is 264 g/mol. The van der Waals surface area contributed by atoms with E-state index < -0.39 is 0 Å². The van der Waals surface area contributed by atoms with Crippen LogP contribution in [0.25, 0.3) is 0 Å². The van der Waals surface area contributed by atoms with Crippen molar-refractivity contribution in [1.82, 2.24) is 19.6 Å². The van der Waals surface area contributed by atoms with E-state index in [1.54, 1.807) is 27.7 Å². The fraction of sp³-hybridized carbons (Fsp3) is 0.615. The second-order valence-electron chi connectivity index (χ2n) is 5.05. The van der Waals surface area contributed by atoms with Gasteiger partial charge in [-0.15, -0.1) is 0 Å². The van der Waals surface area contributed by atoms with Crippen LogP contribution in [0.5, 0.6) is 0 Å². The highest BCUT2D eigenvalue weighted by Crippen LogP contribution is 2.20. The van der Waals surface area contributed by atoms with Gasteiger partial charge in [0.2, 0.25) is 11.8 Å². The quantitative estimate of drug-likeness (QED) is 0.783. The molecule has 0 unspecified atom stereocenters. The molecule has 0 bridgehead atoms. The molecule has 0 spiro atoms. The van der Waals surface area contributed by atoms with Crippen molar-refractivity contribution >= 4 is 11.8 Å². The van der Waals surface area contributed by atoms with Crippen LogP contribution in [0.2, 0.25) is 0 Å². The van der Waals surface area contributed by atoms with Crippen LogP contribution in [0.15, 0.2) is 12.4 Å². The maximum atomic E-state index is 12.3. The molecule has 0 N–H and O–H groups in total. The molecule has 1 atom stereocenters. The van der Waals surface area contributed by atoms with Gasteiger partial charge in [-0.25, -0.2) is 0 Å². The Morgan fingerprint density at radius 3 is 2.84 bits per heavy atom. The molecule has 1 aromatic rings. The standard InChI is InChI=1S/C13H20N4O2/c1-4-17-9-11(5-12(17)18)13(19)15(2)7-10-6-14-16(3)8-10/h6,8,11H,4-5,7,9H2,1-3H3/t11-/m0/s1. The molecule has 19 heavy (non-hydrogen) atoms. The van der Waals surface area contributed by atoms with Gasteiger partial charge in [-0.05, 0) is 6.92 Å². The second kappa shape index (κ2) is 5.42. The minimum Gasteiger partial charge on any atom is -0.342 e. The molecule has 0 saturated carbocycles. The summed E-state index contributed by atoms with van der Waals surface area (Å²) in [5.74, 6) is -0.0853. The highest BCUT2D eigenvalue weighted by Gasteiger charge is 2.34. The van der Waals surface area contributed by atoms with Crippen LogP contribution in [-0.4, -0.2) is 51.5 Å². The molecule has 104 valence electrons. The Labute approximate surface area is 113 Å². The Balaban J connectivity index is 1.94. The zero-order chi connectivity index (χ0) is 14.0. The fourth-order valence-corrected chi connectivity index (χ4v) is 2.46. The van der Waals surface area contributed by atoms with Crippen LogP contribution in [0, 0.1) is 5.92 Å². The second-order valence-corrected chi connectivity index (χ2v) is 5.05. The third-order valence-electron chi connectivity index (χ3n) is 3.50. The molecule has 2 heterocycles. The molecule has 1 saturated heterocycles. The largest absolute Gasteiger partial charge is 0.342 e. The van der Waals surface area contributed by atoms with Crippen molar-refractivity contribution in [2.75, 3.05) is 20.1 Å². The average Bonchev–Trinajstić information content (AvgIpc) is 2.94. The summed E-state index contributed by atoms with van der Waals surface area (Å²) in [5, 5.41) is 4.08. The third-order valence-corrected chi connectivity index (χ3v) is 3.50. The number of carbonyl (C=O) groups is 2. The number of rotatable bonds is 4. The van der Waals surface area contributed by atoms with Crippen molar-refractivity contribution in [3.63, 3.8) is 0 Å². The summed E-state index contributed by atoms with van der Waals surface area (Å²) in [7, 11) is 3.62. The van der Waals surface area contributed by atoms with Crippen molar-refractivity contribution in [2.24, 2.45) is 13.0 Å². The van der Waals surface area contributed by atoms with Gasteiger partial charge in [0.05, 0.1) is 12.1 Å². The molecule has 6 heteroatoms. The SMILES string of the molecule is CCN1C[C@@H](C(=O)N(C)Cc2cnn(C)c2)CC1=O. The van der Waals surface area contributed by atoms with Gasteiger partial charge in [-0.2, -0.15) is 5.10 Å². The zero-order valence-corrected chi connectivity index (χ0v) is 11.7. The van der Waals surface area contributed by atoms with E-state index >= 15 is 0 Å². The van der Waals surface area contributed by atoms with Gasteiger partial charge in [-0.1, -0.05) is 0 Å². The van der Waals surface area contributed by atoms with Crippen LogP contribution in [0.1, 0.15) is 18.9 Å². The average molecular weight is 264 g/mol. The van der Waals surface area contributed by atoms with Gasteiger partial charge in [0.25, 0.3) is 0 Å². The Bertz CT molecular complexity index is 483. The van der Waals surface area contributed by atoms with E-state index in [0.717, 1.165) is 5.56 Å². The van der Waals surface area contributed by atoms with E-state index in [4.69, 9.17) is 0 Å². The molecule has 0 aromatic carbocycles. The lowest BCUT2D eigenvalue weighted by atomic mass is 10.1. The van der Waals surface area contributed by atoms with Crippen LogP contribution in [-0.2, 0) is 23.2 Å². The number of nitrogens with zero attached hydrogens (tertiary/aromatic N) is 4.